The predicted octanol–water partition coefficient (Wildman–Crippen LogP) is 6.53. The van der Waals surface area contributed by atoms with Crippen LogP contribution in [0.2, 0.25) is 0 Å². The molecule has 4 unspecified atom stereocenters. The van der Waals surface area contributed by atoms with Gasteiger partial charge in [-0.05, 0) is 62.1 Å². The summed E-state index contributed by atoms with van der Waals surface area (Å²) < 4.78 is 31.7. The van der Waals surface area contributed by atoms with Gasteiger partial charge >= 0.3 is 24.4 Å². The highest BCUT2D eigenvalue weighted by Gasteiger charge is 2.36. The monoisotopic (exact) mass is 611 g/mol. The van der Waals surface area contributed by atoms with Gasteiger partial charge in [-0.3, -0.25) is 4.79 Å². The molecule has 0 saturated carbocycles. The van der Waals surface area contributed by atoms with E-state index in [0.717, 1.165) is 0 Å². The Balaban J connectivity index is 3.35. The summed E-state index contributed by atoms with van der Waals surface area (Å²) in [6.07, 6.45) is -2.93. The van der Waals surface area contributed by atoms with Crippen LogP contribution in [0.15, 0.2) is 18.2 Å². The van der Waals surface area contributed by atoms with Gasteiger partial charge in [0.05, 0.1) is 13.2 Å². The Labute approximate surface area is 254 Å². The number of ether oxygens (including phenoxy) is 6. The number of carboxylic acid groups (broad SMARTS) is 1. The van der Waals surface area contributed by atoms with Gasteiger partial charge < -0.3 is 39.3 Å². The second kappa shape index (κ2) is 18.2. The number of hydrogen-bond donors (Lipinski definition) is 2. The van der Waals surface area contributed by atoms with Crippen molar-refractivity contribution in [3.05, 3.63) is 23.8 Å². The Morgan fingerprint density at radius 1 is 0.721 bits per heavy atom. The third-order valence-electron chi connectivity index (χ3n) is 7.05. The van der Waals surface area contributed by atoms with Crippen LogP contribution in [0.25, 0.3) is 0 Å². The lowest BCUT2D eigenvalue weighted by molar-refractivity contribution is -0.139. The third kappa shape index (κ3) is 13.5. The fourth-order valence-electron chi connectivity index (χ4n) is 3.75. The van der Waals surface area contributed by atoms with E-state index >= 15 is 0 Å². The first kappa shape index (κ1) is 37.5. The molecule has 0 heterocycles. The largest absolute Gasteiger partial charge is 0.513 e. The number of carboxylic acids is 1. The number of rotatable bonds is 16. The normalized spacial score (nSPS) is 14.8. The minimum Gasteiger partial charge on any atom is -0.480 e. The number of benzene rings is 1. The van der Waals surface area contributed by atoms with Crippen LogP contribution in [0.5, 0.6) is 11.5 Å². The molecule has 5 atom stereocenters. The molecule has 1 aromatic rings. The number of carbonyl (C=O) groups excluding carboxylic acids is 3. The molecule has 244 valence electrons. The Hall–Kier alpha value is -3.54. The average molecular weight is 612 g/mol. The summed E-state index contributed by atoms with van der Waals surface area (Å²) in [6, 6.07) is 2.74. The smallest absolute Gasteiger partial charge is 0.480 e. The molecule has 1 rings (SSSR count). The maximum atomic E-state index is 12.5. The zero-order valence-electron chi connectivity index (χ0n) is 26.8. The van der Waals surface area contributed by atoms with E-state index in [-0.39, 0.29) is 36.5 Å². The van der Waals surface area contributed by atoms with Crippen molar-refractivity contribution < 1.29 is 52.7 Å². The molecule has 0 aliphatic rings. The molecule has 43 heavy (non-hydrogen) atoms. The van der Waals surface area contributed by atoms with Crippen LogP contribution in [0, 0.1) is 23.7 Å². The van der Waals surface area contributed by atoms with E-state index in [1.54, 1.807) is 20.8 Å². The Kier molecular flexibility index (Phi) is 15.9. The standard InChI is InChI=1S/C31H49NO11/c1-17(2)12-14-38-29(35)42-24-11-10-23(16-25(24)43-30(36)39-15-13-18(3)4)26(27(32)28(33)34)20(7)22(9)41-31(37)40-21(8)19(5)6/h10-11,16-22,26-27H,12-15,32H2,1-9H3,(H,33,34)/t20?,21?,22?,26?,27-/m0/s1. The van der Waals surface area contributed by atoms with Crippen LogP contribution in [0.1, 0.15) is 86.6 Å². The number of aliphatic carboxylic acids is 1. The molecule has 3 N–H and O–H groups in total. The fraction of sp³-hybridized carbons (Fsp3) is 0.677. The lowest BCUT2D eigenvalue weighted by Gasteiger charge is -2.32. The van der Waals surface area contributed by atoms with E-state index in [9.17, 15) is 24.3 Å². The number of hydrogen-bond acceptors (Lipinski definition) is 11. The summed E-state index contributed by atoms with van der Waals surface area (Å²) in [7, 11) is 0. The summed E-state index contributed by atoms with van der Waals surface area (Å²) in [4.78, 5) is 49.2. The molecule has 12 heteroatoms. The zero-order valence-corrected chi connectivity index (χ0v) is 26.8. The summed E-state index contributed by atoms with van der Waals surface area (Å²) in [6.45, 7) is 16.9. The summed E-state index contributed by atoms with van der Waals surface area (Å²) in [5.41, 5.74) is 6.44. The summed E-state index contributed by atoms with van der Waals surface area (Å²) in [5, 5.41) is 9.81. The van der Waals surface area contributed by atoms with Gasteiger partial charge in [0.25, 0.3) is 0 Å². The van der Waals surface area contributed by atoms with Crippen LogP contribution < -0.4 is 15.2 Å². The van der Waals surface area contributed by atoms with Crippen molar-refractivity contribution in [3.63, 3.8) is 0 Å². The van der Waals surface area contributed by atoms with Crippen molar-refractivity contribution in [3.8, 4) is 11.5 Å². The number of carbonyl (C=O) groups is 4. The Morgan fingerprint density at radius 3 is 1.67 bits per heavy atom. The first-order valence-electron chi connectivity index (χ1n) is 14.7. The molecule has 0 aromatic heterocycles. The highest BCUT2D eigenvalue weighted by atomic mass is 16.7. The maximum Gasteiger partial charge on any atom is 0.513 e. The van der Waals surface area contributed by atoms with Crippen molar-refractivity contribution >= 4 is 24.4 Å². The molecule has 0 amide bonds. The minimum atomic E-state index is -1.44. The van der Waals surface area contributed by atoms with Gasteiger partial charge in [-0.2, -0.15) is 0 Å². The topological polar surface area (TPSA) is 170 Å². The van der Waals surface area contributed by atoms with E-state index in [0.29, 0.717) is 24.3 Å². The first-order valence-corrected chi connectivity index (χ1v) is 14.7. The zero-order chi connectivity index (χ0) is 32.9. The third-order valence-corrected chi connectivity index (χ3v) is 7.05. The first-order chi connectivity index (χ1) is 20.0. The van der Waals surface area contributed by atoms with Crippen molar-refractivity contribution in [2.24, 2.45) is 29.4 Å². The van der Waals surface area contributed by atoms with E-state index < -0.39 is 54.5 Å². The predicted molar refractivity (Wildman–Crippen MR) is 158 cm³/mol. The van der Waals surface area contributed by atoms with Crippen LogP contribution >= 0.6 is 0 Å². The lowest BCUT2D eigenvalue weighted by Crippen LogP contribution is -2.43. The molecular formula is C31H49NO11. The number of nitrogens with two attached hydrogens (primary N) is 1. The molecule has 1 aromatic carbocycles. The highest BCUT2D eigenvalue weighted by Crippen LogP contribution is 2.37. The Morgan fingerprint density at radius 2 is 1.21 bits per heavy atom. The summed E-state index contributed by atoms with van der Waals surface area (Å²) >= 11 is 0. The van der Waals surface area contributed by atoms with Crippen LogP contribution in [0.4, 0.5) is 14.4 Å². The van der Waals surface area contributed by atoms with Crippen molar-refractivity contribution in [2.45, 2.75) is 99.3 Å². The maximum absolute atomic E-state index is 12.5. The molecule has 0 saturated heterocycles. The SMILES string of the molecule is CC(C)CCOC(=O)Oc1ccc(C(C(C)C(C)OC(=O)OC(C)C(C)C)[C@H](N)C(=O)O)cc1OC(=O)OCCC(C)C. The van der Waals surface area contributed by atoms with Gasteiger partial charge in [0, 0.05) is 11.8 Å². The molecule has 0 spiro atoms. The van der Waals surface area contributed by atoms with Crippen molar-refractivity contribution in [1.82, 2.24) is 0 Å². The molecule has 0 bridgehead atoms. The summed E-state index contributed by atoms with van der Waals surface area (Å²) in [5.74, 6) is -2.59. The van der Waals surface area contributed by atoms with Gasteiger partial charge in [0.2, 0.25) is 0 Å². The molecule has 0 fully saturated rings. The Bertz CT molecular complexity index is 1060. The molecular weight excluding hydrogens is 562 g/mol. The van der Waals surface area contributed by atoms with Gasteiger partial charge in [-0.25, -0.2) is 14.4 Å². The van der Waals surface area contributed by atoms with E-state index in [1.807, 2.05) is 41.5 Å². The van der Waals surface area contributed by atoms with Crippen molar-refractivity contribution in [2.75, 3.05) is 13.2 Å². The van der Waals surface area contributed by atoms with E-state index in [2.05, 4.69) is 0 Å². The van der Waals surface area contributed by atoms with Gasteiger partial charge in [0.1, 0.15) is 18.2 Å². The minimum absolute atomic E-state index is 0.0668. The molecule has 12 nitrogen and oxygen atoms in total. The van der Waals surface area contributed by atoms with Crippen LogP contribution in [-0.2, 0) is 23.7 Å². The second-order valence-electron chi connectivity index (χ2n) is 11.9. The highest BCUT2D eigenvalue weighted by molar-refractivity contribution is 5.75. The van der Waals surface area contributed by atoms with Crippen LogP contribution in [-0.4, -0.2) is 61.0 Å². The lowest BCUT2D eigenvalue weighted by atomic mass is 9.79. The van der Waals surface area contributed by atoms with E-state index in [4.69, 9.17) is 34.2 Å². The van der Waals surface area contributed by atoms with Gasteiger partial charge in [0.15, 0.2) is 11.5 Å². The fourth-order valence-corrected chi connectivity index (χ4v) is 3.75. The molecule has 0 aliphatic heterocycles. The van der Waals surface area contributed by atoms with Gasteiger partial charge in [-0.15, -0.1) is 0 Å². The quantitative estimate of drug-likeness (QED) is 0.118. The van der Waals surface area contributed by atoms with Crippen LogP contribution in [0.3, 0.4) is 0 Å². The molecule has 0 aliphatic carbocycles. The average Bonchev–Trinajstić information content (AvgIpc) is 2.89. The van der Waals surface area contributed by atoms with Gasteiger partial charge in [-0.1, -0.05) is 54.5 Å². The van der Waals surface area contributed by atoms with Crippen molar-refractivity contribution in [1.29, 1.82) is 0 Å². The van der Waals surface area contributed by atoms with E-state index in [1.165, 1.54) is 18.2 Å². The second-order valence-corrected chi connectivity index (χ2v) is 11.9. The molecule has 0 radical (unpaired) electrons.